The number of hydrogen-bond donors (Lipinski definition) is 2. The highest BCUT2D eigenvalue weighted by Gasteiger charge is 2.17. The zero-order chi connectivity index (χ0) is 15.9. The molecule has 6 heteroatoms. The molecule has 0 amide bonds. The maximum atomic E-state index is 9.58. The van der Waals surface area contributed by atoms with Crippen molar-refractivity contribution in [2.75, 3.05) is 5.73 Å². The minimum absolute atomic E-state index is 0.0403. The van der Waals surface area contributed by atoms with Crippen LogP contribution in [-0.4, -0.2) is 15.1 Å². The summed E-state index contributed by atoms with van der Waals surface area (Å²) in [6, 6.07) is 4.99. The highest BCUT2D eigenvalue weighted by molar-refractivity contribution is 7.14. The van der Waals surface area contributed by atoms with Crippen LogP contribution in [0.2, 0.25) is 5.02 Å². The van der Waals surface area contributed by atoms with Gasteiger partial charge in [-0.25, -0.2) is 4.98 Å². The molecule has 2 heterocycles. The predicted molar refractivity (Wildman–Crippen MR) is 91.3 cm³/mol. The summed E-state index contributed by atoms with van der Waals surface area (Å²) in [5.41, 5.74) is 10.4. The Balaban J connectivity index is 2.24. The standard InChI is InChI=1S/C16H14ClN3OS/c1-8-7-22-16(9(8)2)15-14(19-6-13(18)20-15)10-3-4-12(21)11(17)5-10/h3-7,21H,1-2H3,(H2,18,20). The Morgan fingerprint density at radius 1 is 1.23 bits per heavy atom. The first-order valence-corrected chi connectivity index (χ1v) is 7.89. The lowest BCUT2D eigenvalue weighted by molar-refractivity contribution is 0.475. The summed E-state index contributed by atoms with van der Waals surface area (Å²) in [6.45, 7) is 4.12. The van der Waals surface area contributed by atoms with Crippen LogP contribution in [-0.2, 0) is 0 Å². The van der Waals surface area contributed by atoms with Gasteiger partial charge in [0.25, 0.3) is 0 Å². The molecule has 0 fully saturated rings. The third-order valence-corrected chi connectivity index (χ3v) is 5.02. The molecule has 2 aromatic heterocycles. The molecule has 0 saturated heterocycles. The van der Waals surface area contributed by atoms with Crippen molar-refractivity contribution >= 4 is 28.8 Å². The Morgan fingerprint density at radius 3 is 2.64 bits per heavy atom. The maximum absolute atomic E-state index is 9.58. The zero-order valence-corrected chi connectivity index (χ0v) is 13.7. The monoisotopic (exact) mass is 331 g/mol. The van der Waals surface area contributed by atoms with Crippen molar-refractivity contribution in [2.45, 2.75) is 13.8 Å². The van der Waals surface area contributed by atoms with Crippen LogP contribution in [0.15, 0.2) is 29.8 Å². The molecule has 4 nitrogen and oxygen atoms in total. The number of aromatic hydroxyl groups is 1. The van der Waals surface area contributed by atoms with Gasteiger partial charge in [-0.15, -0.1) is 11.3 Å². The number of nitrogen functional groups attached to an aromatic ring is 1. The Morgan fingerprint density at radius 2 is 2.00 bits per heavy atom. The minimum atomic E-state index is 0.0403. The number of aromatic nitrogens is 2. The predicted octanol–water partition coefficient (Wildman–Crippen LogP) is 4.43. The van der Waals surface area contributed by atoms with E-state index in [1.807, 2.05) is 0 Å². The van der Waals surface area contributed by atoms with Crippen LogP contribution in [0.4, 0.5) is 5.82 Å². The van der Waals surface area contributed by atoms with Crippen LogP contribution in [0.3, 0.4) is 0 Å². The van der Waals surface area contributed by atoms with Gasteiger partial charge in [0.05, 0.1) is 21.8 Å². The number of thiophene rings is 1. The van der Waals surface area contributed by atoms with Gasteiger partial charge in [0.2, 0.25) is 0 Å². The van der Waals surface area contributed by atoms with Crippen LogP contribution >= 0.6 is 22.9 Å². The number of phenolic OH excluding ortho intramolecular Hbond substituents is 1. The van der Waals surface area contributed by atoms with Gasteiger partial charge in [0.15, 0.2) is 0 Å². The highest BCUT2D eigenvalue weighted by Crippen LogP contribution is 2.38. The molecule has 0 radical (unpaired) electrons. The number of halogens is 1. The third kappa shape index (κ3) is 2.53. The van der Waals surface area contributed by atoms with Gasteiger partial charge < -0.3 is 10.8 Å². The van der Waals surface area contributed by atoms with Crippen molar-refractivity contribution in [1.82, 2.24) is 9.97 Å². The van der Waals surface area contributed by atoms with Gasteiger partial charge in [0.1, 0.15) is 17.3 Å². The number of nitrogens with two attached hydrogens (primary N) is 1. The fraction of sp³-hybridized carbons (Fsp3) is 0.125. The molecule has 0 aliphatic carbocycles. The van der Waals surface area contributed by atoms with Crippen molar-refractivity contribution in [2.24, 2.45) is 0 Å². The molecule has 112 valence electrons. The molecule has 0 unspecified atom stereocenters. The lowest BCUT2D eigenvalue weighted by atomic mass is 10.1. The van der Waals surface area contributed by atoms with Crippen molar-refractivity contribution in [3.63, 3.8) is 0 Å². The Hall–Kier alpha value is -2.11. The van der Waals surface area contributed by atoms with E-state index in [-0.39, 0.29) is 10.8 Å². The van der Waals surface area contributed by atoms with Crippen molar-refractivity contribution < 1.29 is 5.11 Å². The summed E-state index contributed by atoms with van der Waals surface area (Å²) in [4.78, 5) is 9.93. The minimum Gasteiger partial charge on any atom is -0.506 e. The number of hydrogen-bond acceptors (Lipinski definition) is 5. The van der Waals surface area contributed by atoms with Crippen LogP contribution in [0.25, 0.3) is 21.8 Å². The fourth-order valence-corrected chi connectivity index (χ4v) is 3.41. The average molecular weight is 332 g/mol. The number of rotatable bonds is 2. The Kier molecular flexibility index (Phi) is 3.76. The van der Waals surface area contributed by atoms with Crippen molar-refractivity contribution in [1.29, 1.82) is 0 Å². The molecule has 0 aliphatic rings. The largest absolute Gasteiger partial charge is 0.506 e. The molecule has 3 aromatic rings. The van der Waals surface area contributed by atoms with E-state index in [0.717, 1.165) is 21.7 Å². The zero-order valence-electron chi connectivity index (χ0n) is 12.1. The molecule has 0 aliphatic heterocycles. The topological polar surface area (TPSA) is 72.0 Å². The summed E-state index contributed by atoms with van der Waals surface area (Å²) in [5.74, 6) is 0.410. The van der Waals surface area contributed by atoms with Crippen LogP contribution in [0.1, 0.15) is 11.1 Å². The summed E-state index contributed by atoms with van der Waals surface area (Å²) in [6.07, 6.45) is 1.52. The lowest BCUT2D eigenvalue weighted by Crippen LogP contribution is -1.98. The first-order valence-electron chi connectivity index (χ1n) is 6.64. The third-order valence-electron chi connectivity index (χ3n) is 3.51. The normalized spacial score (nSPS) is 10.9. The van der Waals surface area contributed by atoms with Gasteiger partial charge in [-0.2, -0.15) is 0 Å². The van der Waals surface area contributed by atoms with Gasteiger partial charge in [-0.05, 0) is 48.6 Å². The van der Waals surface area contributed by atoms with Gasteiger partial charge in [-0.3, -0.25) is 4.98 Å². The second-order valence-electron chi connectivity index (χ2n) is 5.03. The van der Waals surface area contributed by atoms with E-state index in [2.05, 4.69) is 29.2 Å². The molecule has 22 heavy (non-hydrogen) atoms. The van der Waals surface area contributed by atoms with E-state index in [0.29, 0.717) is 11.5 Å². The Bertz CT molecular complexity index is 861. The van der Waals surface area contributed by atoms with E-state index in [9.17, 15) is 5.11 Å². The molecular weight excluding hydrogens is 318 g/mol. The second-order valence-corrected chi connectivity index (χ2v) is 6.32. The van der Waals surface area contributed by atoms with Crippen LogP contribution < -0.4 is 5.73 Å². The maximum Gasteiger partial charge on any atom is 0.142 e. The van der Waals surface area contributed by atoms with Gasteiger partial charge >= 0.3 is 0 Å². The van der Waals surface area contributed by atoms with E-state index in [1.165, 1.54) is 11.8 Å². The SMILES string of the molecule is Cc1csc(-c2nc(N)cnc2-c2ccc(O)c(Cl)c2)c1C. The van der Waals surface area contributed by atoms with Gasteiger partial charge in [-0.1, -0.05) is 11.6 Å². The molecular formula is C16H14ClN3OS. The number of phenols is 1. The summed E-state index contributed by atoms with van der Waals surface area (Å²) >= 11 is 7.62. The number of nitrogens with zero attached hydrogens (tertiary/aromatic N) is 2. The second kappa shape index (κ2) is 5.59. The molecule has 3 rings (SSSR count). The summed E-state index contributed by atoms with van der Waals surface area (Å²) < 4.78 is 0. The highest BCUT2D eigenvalue weighted by atomic mass is 35.5. The first-order chi connectivity index (χ1) is 10.5. The molecule has 0 saturated carbocycles. The van der Waals surface area contributed by atoms with Crippen molar-refractivity contribution in [3.05, 3.63) is 45.9 Å². The molecule has 1 aromatic carbocycles. The fourth-order valence-electron chi connectivity index (χ4n) is 2.16. The number of benzene rings is 1. The molecule has 3 N–H and O–H groups in total. The average Bonchev–Trinajstić information content (AvgIpc) is 2.82. The molecule has 0 bridgehead atoms. The smallest absolute Gasteiger partial charge is 0.142 e. The van der Waals surface area contributed by atoms with Gasteiger partial charge in [0, 0.05) is 5.56 Å². The number of aryl methyl sites for hydroxylation is 1. The molecule has 0 spiro atoms. The van der Waals surface area contributed by atoms with Crippen LogP contribution in [0, 0.1) is 13.8 Å². The van der Waals surface area contributed by atoms with Crippen LogP contribution in [0.5, 0.6) is 5.75 Å². The van der Waals surface area contributed by atoms with E-state index in [4.69, 9.17) is 17.3 Å². The Labute approximate surface area is 137 Å². The quantitative estimate of drug-likeness (QED) is 0.728. The first kappa shape index (κ1) is 14.8. The summed E-state index contributed by atoms with van der Waals surface area (Å²) in [5, 5.41) is 11.9. The van der Waals surface area contributed by atoms with E-state index in [1.54, 1.807) is 29.5 Å². The van der Waals surface area contributed by atoms with Crippen molar-refractivity contribution in [3.8, 4) is 27.6 Å². The summed E-state index contributed by atoms with van der Waals surface area (Å²) in [7, 11) is 0. The number of anilines is 1. The van der Waals surface area contributed by atoms with E-state index >= 15 is 0 Å². The van der Waals surface area contributed by atoms with E-state index < -0.39 is 0 Å². The molecule has 0 atom stereocenters. The lowest BCUT2D eigenvalue weighted by Gasteiger charge is -2.09.